The zero-order chi connectivity index (χ0) is 25.0. The van der Waals surface area contributed by atoms with Crippen LogP contribution in [0.4, 0.5) is 22.0 Å². The summed E-state index contributed by atoms with van der Waals surface area (Å²) in [4.78, 5) is 28.4. The third-order valence-electron chi connectivity index (χ3n) is 6.61. The van der Waals surface area contributed by atoms with Crippen LogP contribution in [-0.2, 0) is 4.74 Å². The number of rotatable bonds is 5. The quantitative estimate of drug-likeness (QED) is 0.378. The molecule has 1 aromatic carbocycles. The lowest BCUT2D eigenvalue weighted by molar-refractivity contribution is 0.122. The first-order valence-corrected chi connectivity index (χ1v) is 12.5. The first-order valence-electron chi connectivity index (χ1n) is 12.5. The number of urea groups is 1. The van der Waals surface area contributed by atoms with Gasteiger partial charge < -0.3 is 25.6 Å². The number of ether oxygens (including phenoxy) is 1. The van der Waals surface area contributed by atoms with Gasteiger partial charge in [-0.05, 0) is 62.3 Å². The summed E-state index contributed by atoms with van der Waals surface area (Å²) in [6.07, 6.45) is 5.21. The van der Waals surface area contributed by atoms with Crippen molar-refractivity contribution in [2.45, 2.75) is 18.9 Å². The molecule has 0 radical (unpaired) electrons. The molecule has 3 N–H and O–H groups in total. The third-order valence-corrected chi connectivity index (χ3v) is 6.61. The van der Waals surface area contributed by atoms with Gasteiger partial charge in [0.05, 0.1) is 19.3 Å². The number of nitrogens with zero attached hydrogens (tertiary/aromatic N) is 7. The Hall–Kier alpha value is -4.16. The van der Waals surface area contributed by atoms with Gasteiger partial charge in [-0.2, -0.15) is 0 Å². The number of amides is 2. The van der Waals surface area contributed by atoms with E-state index < -0.39 is 0 Å². The molecule has 2 saturated heterocycles. The van der Waals surface area contributed by atoms with Gasteiger partial charge in [0.25, 0.3) is 0 Å². The highest BCUT2D eigenvalue weighted by Gasteiger charge is 2.25. The predicted molar refractivity (Wildman–Crippen MR) is 140 cm³/mol. The fourth-order valence-corrected chi connectivity index (χ4v) is 4.67. The van der Waals surface area contributed by atoms with Crippen molar-refractivity contribution in [1.29, 1.82) is 0 Å². The maximum atomic E-state index is 12.4. The minimum Gasteiger partial charge on any atom is -0.378 e. The number of piperidine rings is 1. The zero-order valence-electron chi connectivity index (χ0n) is 20.3. The van der Waals surface area contributed by atoms with Crippen LogP contribution in [0.3, 0.4) is 0 Å². The van der Waals surface area contributed by atoms with Crippen LogP contribution in [0.15, 0.2) is 48.8 Å². The van der Waals surface area contributed by atoms with Crippen molar-refractivity contribution >= 4 is 34.4 Å². The Morgan fingerprint density at radius 1 is 0.946 bits per heavy atom. The van der Waals surface area contributed by atoms with Crippen LogP contribution in [0.2, 0.25) is 0 Å². The predicted octanol–water partition coefficient (Wildman–Crippen LogP) is 2.69. The summed E-state index contributed by atoms with van der Waals surface area (Å²) >= 11 is 0. The number of carbonyl (C=O) groups excluding carboxylic acids is 1. The van der Waals surface area contributed by atoms with Crippen LogP contribution < -0.4 is 20.9 Å². The molecule has 190 valence electrons. The molecular weight excluding hydrogens is 472 g/mol. The molecule has 3 aromatic heterocycles. The first kappa shape index (κ1) is 23.3. The van der Waals surface area contributed by atoms with Gasteiger partial charge in [0.15, 0.2) is 22.8 Å². The van der Waals surface area contributed by atoms with Gasteiger partial charge in [0, 0.05) is 42.4 Å². The van der Waals surface area contributed by atoms with Crippen molar-refractivity contribution in [3.63, 3.8) is 0 Å². The number of morpholine rings is 1. The second-order valence-corrected chi connectivity index (χ2v) is 9.05. The fraction of sp³-hybridized carbons (Fsp3) is 0.360. The zero-order valence-corrected chi connectivity index (χ0v) is 20.3. The lowest BCUT2D eigenvalue weighted by Gasteiger charge is -2.28. The topological polar surface area (TPSA) is 135 Å². The van der Waals surface area contributed by atoms with Crippen molar-refractivity contribution in [1.82, 2.24) is 35.3 Å². The Balaban J connectivity index is 1.30. The Morgan fingerprint density at radius 2 is 1.65 bits per heavy atom. The van der Waals surface area contributed by atoms with E-state index in [1.165, 1.54) is 0 Å². The normalized spacial score (nSPS) is 16.6. The summed E-state index contributed by atoms with van der Waals surface area (Å²) in [6, 6.07) is 10.9. The third kappa shape index (κ3) is 5.06. The molecule has 37 heavy (non-hydrogen) atoms. The molecule has 2 amide bonds. The van der Waals surface area contributed by atoms with Crippen LogP contribution in [-0.4, -0.2) is 75.4 Å². The van der Waals surface area contributed by atoms with E-state index in [4.69, 9.17) is 14.7 Å². The van der Waals surface area contributed by atoms with Gasteiger partial charge >= 0.3 is 6.03 Å². The molecule has 0 saturated carbocycles. The van der Waals surface area contributed by atoms with Crippen molar-refractivity contribution in [2.75, 3.05) is 54.9 Å². The van der Waals surface area contributed by atoms with Gasteiger partial charge in [-0.1, -0.05) is 5.21 Å². The number of aromatic nitrogens is 6. The smallest absolute Gasteiger partial charge is 0.323 e. The molecule has 2 fully saturated rings. The maximum Gasteiger partial charge on any atom is 0.323 e. The summed E-state index contributed by atoms with van der Waals surface area (Å²) in [5.41, 5.74) is 3.63. The average Bonchev–Trinajstić information content (AvgIpc) is 3.38. The van der Waals surface area contributed by atoms with E-state index in [2.05, 4.69) is 36.1 Å². The first-order chi connectivity index (χ1) is 18.2. The summed E-state index contributed by atoms with van der Waals surface area (Å²) in [5, 5.41) is 18.1. The van der Waals surface area contributed by atoms with Crippen molar-refractivity contribution in [3.05, 3.63) is 48.8 Å². The lowest BCUT2D eigenvalue weighted by atomic mass is 10.1. The molecule has 2 aliphatic rings. The molecule has 12 nitrogen and oxygen atoms in total. The van der Waals surface area contributed by atoms with Gasteiger partial charge in [0.2, 0.25) is 0 Å². The van der Waals surface area contributed by atoms with Crippen LogP contribution in [0, 0.1) is 0 Å². The Bertz CT molecular complexity index is 1360. The standard InChI is InChI=1S/C25H28N10O2/c36-25(29-19-5-9-26-10-6-19)28-18-3-1-17(2-4-18)22-30-23(34-13-15-37-16-14-34)21-24(31-22)35(33-32-21)20-7-11-27-12-8-20/h1-6,9-10,20,27H,7-8,11-16H2,(H2,26,28,29,36). The van der Waals surface area contributed by atoms with Crippen LogP contribution >= 0.6 is 0 Å². The minimum absolute atomic E-state index is 0.247. The van der Waals surface area contributed by atoms with Gasteiger partial charge in [-0.25, -0.2) is 19.4 Å². The van der Waals surface area contributed by atoms with E-state index in [0.717, 1.165) is 61.6 Å². The molecular formula is C25H28N10O2. The average molecular weight is 501 g/mol. The number of hydrogen-bond acceptors (Lipinski definition) is 9. The Kier molecular flexibility index (Phi) is 6.57. The Labute approximate surface area is 213 Å². The van der Waals surface area contributed by atoms with E-state index in [-0.39, 0.29) is 12.1 Å². The number of anilines is 3. The molecule has 0 bridgehead atoms. The molecule has 2 aliphatic heterocycles. The highest BCUT2D eigenvalue weighted by Crippen LogP contribution is 2.30. The van der Waals surface area contributed by atoms with E-state index in [0.29, 0.717) is 30.4 Å². The number of fused-ring (bicyclic) bond motifs is 1. The van der Waals surface area contributed by atoms with E-state index >= 15 is 0 Å². The van der Waals surface area contributed by atoms with Gasteiger partial charge in [-0.3, -0.25) is 4.98 Å². The Morgan fingerprint density at radius 3 is 2.38 bits per heavy atom. The maximum absolute atomic E-state index is 12.4. The highest BCUT2D eigenvalue weighted by molar-refractivity contribution is 5.99. The van der Waals surface area contributed by atoms with Crippen LogP contribution in [0.5, 0.6) is 0 Å². The summed E-state index contributed by atoms with van der Waals surface area (Å²) in [5.74, 6) is 1.38. The molecule has 0 spiro atoms. The second kappa shape index (κ2) is 10.4. The molecule has 0 atom stereocenters. The number of benzene rings is 1. The van der Waals surface area contributed by atoms with E-state index in [1.807, 2.05) is 28.9 Å². The highest BCUT2D eigenvalue weighted by atomic mass is 16.5. The van der Waals surface area contributed by atoms with Gasteiger partial charge in [0.1, 0.15) is 0 Å². The van der Waals surface area contributed by atoms with E-state index in [1.54, 1.807) is 24.5 Å². The van der Waals surface area contributed by atoms with E-state index in [9.17, 15) is 4.79 Å². The minimum atomic E-state index is -0.330. The summed E-state index contributed by atoms with van der Waals surface area (Å²) in [6.45, 7) is 4.66. The summed E-state index contributed by atoms with van der Waals surface area (Å²) < 4.78 is 7.52. The van der Waals surface area contributed by atoms with Crippen molar-refractivity contribution in [2.24, 2.45) is 0 Å². The van der Waals surface area contributed by atoms with Crippen molar-refractivity contribution < 1.29 is 9.53 Å². The largest absolute Gasteiger partial charge is 0.378 e. The number of pyridine rings is 1. The van der Waals surface area contributed by atoms with Crippen LogP contribution in [0.25, 0.3) is 22.6 Å². The fourth-order valence-electron chi connectivity index (χ4n) is 4.67. The van der Waals surface area contributed by atoms with Gasteiger partial charge in [-0.15, -0.1) is 5.10 Å². The summed E-state index contributed by atoms with van der Waals surface area (Å²) in [7, 11) is 0. The molecule has 12 heteroatoms. The number of carbonyl (C=O) groups is 1. The number of nitrogens with one attached hydrogen (secondary N) is 3. The molecule has 4 aromatic rings. The molecule has 5 heterocycles. The molecule has 0 aliphatic carbocycles. The number of hydrogen-bond donors (Lipinski definition) is 3. The SMILES string of the molecule is O=C(Nc1ccncc1)Nc1ccc(-c2nc(N3CCOCC3)c3nnn(C4CCNCC4)c3n2)cc1. The van der Waals surface area contributed by atoms with Crippen LogP contribution in [0.1, 0.15) is 18.9 Å². The van der Waals surface area contributed by atoms with Crippen molar-refractivity contribution in [3.8, 4) is 11.4 Å². The molecule has 0 unspecified atom stereocenters. The monoisotopic (exact) mass is 500 g/mol. The molecule has 6 rings (SSSR count). The lowest BCUT2D eigenvalue weighted by Crippen LogP contribution is -2.37. The second-order valence-electron chi connectivity index (χ2n) is 9.05.